The summed E-state index contributed by atoms with van der Waals surface area (Å²) in [7, 11) is 0. The van der Waals surface area contributed by atoms with Gasteiger partial charge in [0.1, 0.15) is 0 Å². The third-order valence-electron chi connectivity index (χ3n) is 3.05. The number of alkyl carbamates (subject to hydrolysis) is 1. The molecule has 4 heteroatoms. The average molecular weight is 214 g/mol. The maximum Gasteiger partial charge on any atom is 0.407 e. The van der Waals surface area contributed by atoms with Crippen LogP contribution in [0.5, 0.6) is 0 Å². The van der Waals surface area contributed by atoms with E-state index in [4.69, 9.17) is 10.5 Å². The monoisotopic (exact) mass is 214 g/mol. The summed E-state index contributed by atoms with van der Waals surface area (Å²) in [6.07, 6.45) is 4.28. The smallest absolute Gasteiger partial charge is 0.407 e. The quantitative estimate of drug-likeness (QED) is 0.747. The van der Waals surface area contributed by atoms with Crippen molar-refractivity contribution in [1.82, 2.24) is 5.32 Å². The lowest BCUT2D eigenvalue weighted by Crippen LogP contribution is -2.41. The van der Waals surface area contributed by atoms with Crippen molar-refractivity contribution in [3.05, 3.63) is 0 Å². The van der Waals surface area contributed by atoms with Gasteiger partial charge in [-0.15, -0.1) is 0 Å². The molecule has 1 fully saturated rings. The van der Waals surface area contributed by atoms with E-state index < -0.39 is 0 Å². The maximum absolute atomic E-state index is 11.3. The van der Waals surface area contributed by atoms with Crippen molar-refractivity contribution in [2.45, 2.75) is 45.6 Å². The highest BCUT2D eigenvalue weighted by Gasteiger charge is 2.32. The number of rotatable bonds is 4. The Kier molecular flexibility index (Phi) is 4.39. The lowest BCUT2D eigenvalue weighted by atomic mass is 9.86. The number of nitrogens with one attached hydrogen (secondary N) is 1. The Balaban J connectivity index is 2.31. The molecule has 1 rings (SSSR count). The molecule has 4 nitrogen and oxygen atoms in total. The van der Waals surface area contributed by atoms with E-state index in [2.05, 4.69) is 5.32 Å². The fraction of sp³-hybridized carbons (Fsp3) is 0.909. The molecule has 0 aliphatic heterocycles. The third-order valence-corrected chi connectivity index (χ3v) is 3.05. The topological polar surface area (TPSA) is 64.3 Å². The average Bonchev–Trinajstić information content (AvgIpc) is 2.63. The van der Waals surface area contributed by atoms with Crippen LogP contribution in [-0.4, -0.2) is 25.3 Å². The lowest BCUT2D eigenvalue weighted by molar-refractivity contribution is 0.111. The summed E-state index contributed by atoms with van der Waals surface area (Å²) in [4.78, 5) is 11.3. The Morgan fingerprint density at radius 2 is 2.07 bits per heavy atom. The zero-order valence-corrected chi connectivity index (χ0v) is 9.71. The van der Waals surface area contributed by atoms with Crippen LogP contribution in [0.4, 0.5) is 4.79 Å². The molecular formula is C11H22N2O2. The standard InChI is InChI=1S/C11H22N2O2/c1-9(2)15-10(14)13-8-11(7-12)5-3-4-6-11/h9H,3-8,12H2,1-2H3,(H,13,14). The van der Waals surface area contributed by atoms with Crippen LogP contribution in [0.25, 0.3) is 0 Å². The van der Waals surface area contributed by atoms with Gasteiger partial charge < -0.3 is 15.8 Å². The van der Waals surface area contributed by atoms with Crippen molar-refractivity contribution in [2.24, 2.45) is 11.1 Å². The molecule has 1 amide bonds. The van der Waals surface area contributed by atoms with Crippen LogP contribution >= 0.6 is 0 Å². The van der Waals surface area contributed by atoms with Crippen molar-refractivity contribution in [2.75, 3.05) is 13.1 Å². The zero-order chi connectivity index (χ0) is 11.3. The first-order chi connectivity index (χ1) is 7.08. The number of nitrogens with two attached hydrogens (primary N) is 1. The van der Waals surface area contributed by atoms with E-state index in [1.165, 1.54) is 12.8 Å². The summed E-state index contributed by atoms with van der Waals surface area (Å²) in [5.74, 6) is 0. The fourth-order valence-electron chi connectivity index (χ4n) is 2.09. The Morgan fingerprint density at radius 1 is 1.47 bits per heavy atom. The largest absolute Gasteiger partial charge is 0.447 e. The van der Waals surface area contributed by atoms with E-state index in [0.717, 1.165) is 12.8 Å². The molecule has 15 heavy (non-hydrogen) atoms. The minimum Gasteiger partial charge on any atom is -0.447 e. The molecule has 0 spiro atoms. The summed E-state index contributed by atoms with van der Waals surface area (Å²) in [6.45, 7) is 4.98. The summed E-state index contributed by atoms with van der Waals surface area (Å²) in [5, 5.41) is 2.81. The Bertz CT molecular complexity index is 211. The highest BCUT2D eigenvalue weighted by molar-refractivity contribution is 5.67. The predicted octanol–water partition coefficient (Wildman–Crippen LogP) is 1.64. The summed E-state index contributed by atoms with van der Waals surface area (Å²) >= 11 is 0. The third kappa shape index (κ3) is 3.70. The molecule has 0 aromatic carbocycles. The molecule has 0 bridgehead atoms. The van der Waals surface area contributed by atoms with Gasteiger partial charge in [-0.25, -0.2) is 4.79 Å². The highest BCUT2D eigenvalue weighted by Crippen LogP contribution is 2.36. The van der Waals surface area contributed by atoms with Crippen molar-refractivity contribution >= 4 is 6.09 Å². The van der Waals surface area contributed by atoms with Gasteiger partial charge in [-0.05, 0) is 33.2 Å². The second kappa shape index (κ2) is 5.35. The van der Waals surface area contributed by atoms with Gasteiger partial charge >= 0.3 is 6.09 Å². The van der Waals surface area contributed by atoms with Crippen LogP contribution in [-0.2, 0) is 4.74 Å². The van der Waals surface area contributed by atoms with E-state index in [1.807, 2.05) is 13.8 Å². The molecule has 1 aliphatic rings. The Hall–Kier alpha value is -0.770. The van der Waals surface area contributed by atoms with Crippen LogP contribution in [0.15, 0.2) is 0 Å². The van der Waals surface area contributed by atoms with E-state index in [0.29, 0.717) is 13.1 Å². The molecule has 0 heterocycles. The van der Waals surface area contributed by atoms with Crippen LogP contribution in [0.2, 0.25) is 0 Å². The second-order valence-electron chi connectivity index (χ2n) is 4.72. The van der Waals surface area contributed by atoms with E-state index >= 15 is 0 Å². The minimum atomic E-state index is -0.329. The van der Waals surface area contributed by atoms with Crippen LogP contribution < -0.4 is 11.1 Å². The van der Waals surface area contributed by atoms with Crippen LogP contribution in [0.1, 0.15) is 39.5 Å². The maximum atomic E-state index is 11.3. The SMILES string of the molecule is CC(C)OC(=O)NCC1(CN)CCCC1. The van der Waals surface area contributed by atoms with Gasteiger partial charge in [-0.3, -0.25) is 0 Å². The number of carbonyl (C=O) groups is 1. The van der Waals surface area contributed by atoms with Crippen molar-refractivity contribution in [3.63, 3.8) is 0 Å². The summed E-state index contributed by atoms with van der Waals surface area (Å²) in [5.41, 5.74) is 5.89. The predicted molar refractivity (Wildman–Crippen MR) is 59.6 cm³/mol. The van der Waals surface area contributed by atoms with Crippen molar-refractivity contribution in [1.29, 1.82) is 0 Å². The first-order valence-electron chi connectivity index (χ1n) is 5.72. The van der Waals surface area contributed by atoms with Crippen LogP contribution in [0, 0.1) is 5.41 Å². The molecule has 0 radical (unpaired) electrons. The van der Waals surface area contributed by atoms with Crippen LogP contribution in [0.3, 0.4) is 0 Å². The van der Waals surface area contributed by atoms with Crippen molar-refractivity contribution in [3.8, 4) is 0 Å². The second-order valence-corrected chi connectivity index (χ2v) is 4.72. The molecular weight excluding hydrogens is 192 g/mol. The molecule has 88 valence electrons. The van der Waals surface area contributed by atoms with Crippen molar-refractivity contribution < 1.29 is 9.53 Å². The molecule has 0 unspecified atom stereocenters. The normalized spacial score (nSPS) is 19.2. The fourth-order valence-corrected chi connectivity index (χ4v) is 2.09. The minimum absolute atomic E-state index is 0.0672. The molecule has 0 atom stereocenters. The van der Waals surface area contributed by atoms with Gasteiger partial charge in [-0.2, -0.15) is 0 Å². The number of hydrogen-bond acceptors (Lipinski definition) is 3. The highest BCUT2D eigenvalue weighted by atomic mass is 16.6. The molecule has 0 saturated heterocycles. The van der Waals surface area contributed by atoms with Gasteiger partial charge in [-0.1, -0.05) is 12.8 Å². The van der Waals surface area contributed by atoms with Gasteiger partial charge in [0.15, 0.2) is 0 Å². The summed E-state index contributed by atoms with van der Waals surface area (Å²) < 4.78 is 5.01. The van der Waals surface area contributed by atoms with Gasteiger partial charge in [0.05, 0.1) is 6.10 Å². The number of amides is 1. The molecule has 3 N–H and O–H groups in total. The Morgan fingerprint density at radius 3 is 2.53 bits per heavy atom. The van der Waals surface area contributed by atoms with Gasteiger partial charge in [0, 0.05) is 12.0 Å². The first-order valence-corrected chi connectivity index (χ1v) is 5.72. The van der Waals surface area contributed by atoms with Gasteiger partial charge in [0.2, 0.25) is 0 Å². The van der Waals surface area contributed by atoms with Gasteiger partial charge in [0.25, 0.3) is 0 Å². The van der Waals surface area contributed by atoms with E-state index in [1.54, 1.807) is 0 Å². The molecule has 0 aromatic rings. The zero-order valence-electron chi connectivity index (χ0n) is 9.71. The molecule has 0 aromatic heterocycles. The first kappa shape index (κ1) is 12.3. The number of ether oxygens (including phenoxy) is 1. The summed E-state index contributed by atoms with van der Waals surface area (Å²) in [6, 6.07) is 0. The molecule has 1 saturated carbocycles. The molecule has 1 aliphatic carbocycles. The number of carbonyl (C=O) groups excluding carboxylic acids is 1. The van der Waals surface area contributed by atoms with E-state index in [-0.39, 0.29) is 17.6 Å². The Labute approximate surface area is 91.5 Å². The number of hydrogen-bond donors (Lipinski definition) is 2. The lowest BCUT2D eigenvalue weighted by Gasteiger charge is -2.27. The van der Waals surface area contributed by atoms with E-state index in [9.17, 15) is 4.79 Å².